The van der Waals surface area contributed by atoms with E-state index in [1.54, 1.807) is 0 Å². The fourth-order valence-electron chi connectivity index (χ4n) is 0.698. The Morgan fingerprint density at radius 3 is 1.88 bits per heavy atom. The predicted molar refractivity (Wildman–Crippen MR) is 35.8 cm³/mol. The van der Waals surface area contributed by atoms with Crippen LogP contribution in [0.2, 0.25) is 0 Å². The maximum atomic E-state index is 6.90. The van der Waals surface area contributed by atoms with Crippen LogP contribution in [0.15, 0.2) is 0 Å². The van der Waals surface area contributed by atoms with Crippen molar-refractivity contribution >= 4 is 0 Å². The molecule has 1 radical (unpaired) electrons. The van der Waals surface area contributed by atoms with Crippen LogP contribution in [0.1, 0.15) is 13.8 Å². The first kappa shape index (κ1) is 7.92. The summed E-state index contributed by atoms with van der Waals surface area (Å²) in [5, 5.41) is 0. The van der Waals surface area contributed by atoms with Gasteiger partial charge in [0.2, 0.25) is 0 Å². The maximum Gasteiger partial charge on any atom is 0.0228 e. The summed E-state index contributed by atoms with van der Waals surface area (Å²) in [5.41, 5.74) is 6.90. The van der Waals surface area contributed by atoms with Gasteiger partial charge >= 0.3 is 0 Å². The van der Waals surface area contributed by atoms with Crippen LogP contribution in [-0.4, -0.2) is 31.1 Å². The molecule has 0 aromatic heterocycles. The van der Waals surface area contributed by atoms with E-state index in [1.807, 2.05) is 0 Å². The highest BCUT2D eigenvalue weighted by Crippen LogP contribution is 1.82. The van der Waals surface area contributed by atoms with Gasteiger partial charge in [-0.1, -0.05) is 13.8 Å². The first-order valence-corrected chi connectivity index (χ1v) is 3.22. The smallest absolute Gasteiger partial charge is 0.0228 e. The maximum absolute atomic E-state index is 6.90. The van der Waals surface area contributed by atoms with Crippen molar-refractivity contribution in [2.45, 2.75) is 13.8 Å². The van der Waals surface area contributed by atoms with Crippen LogP contribution in [0.4, 0.5) is 0 Å². The fourth-order valence-corrected chi connectivity index (χ4v) is 0.698. The van der Waals surface area contributed by atoms with Crippen molar-refractivity contribution < 1.29 is 0 Å². The number of nitrogens with zero attached hydrogens (tertiary/aromatic N) is 1. The van der Waals surface area contributed by atoms with Crippen molar-refractivity contribution in [3.63, 3.8) is 0 Å². The van der Waals surface area contributed by atoms with Gasteiger partial charge in [-0.3, -0.25) is 5.73 Å². The molecular formula is C6H15N2. The molecule has 2 nitrogen and oxygen atoms in total. The van der Waals surface area contributed by atoms with E-state index in [9.17, 15) is 0 Å². The Kier molecular flexibility index (Phi) is 5.01. The number of hydrogen-bond donors (Lipinski definition) is 0. The van der Waals surface area contributed by atoms with Gasteiger partial charge < -0.3 is 4.90 Å². The topological polar surface area (TPSA) is 27.0 Å². The van der Waals surface area contributed by atoms with E-state index in [-0.39, 0.29) is 0 Å². The lowest BCUT2D eigenvalue weighted by Gasteiger charge is -2.15. The van der Waals surface area contributed by atoms with Gasteiger partial charge in [0.05, 0.1) is 0 Å². The molecule has 0 rings (SSSR count). The van der Waals surface area contributed by atoms with Crippen molar-refractivity contribution in [1.82, 2.24) is 10.6 Å². The second-order valence-electron chi connectivity index (χ2n) is 1.78. The molecule has 0 bridgehead atoms. The Morgan fingerprint density at radius 1 is 1.25 bits per heavy atom. The minimum absolute atomic E-state index is 0.529. The second kappa shape index (κ2) is 5.06. The van der Waals surface area contributed by atoms with Crippen LogP contribution in [0.5, 0.6) is 0 Å². The number of rotatable bonds is 4. The molecule has 1 N–H and O–H groups in total. The molecule has 49 valence electrons. The SMILES string of the molecule is CCN(CC)CC[NH]. The summed E-state index contributed by atoms with van der Waals surface area (Å²) in [6, 6.07) is 0. The van der Waals surface area contributed by atoms with Crippen LogP contribution in [0.3, 0.4) is 0 Å². The molecule has 0 saturated carbocycles. The third kappa shape index (κ3) is 2.99. The van der Waals surface area contributed by atoms with Crippen molar-refractivity contribution in [3.8, 4) is 0 Å². The molecule has 0 fully saturated rings. The third-order valence-corrected chi connectivity index (χ3v) is 1.32. The molecule has 0 aromatic rings. The lowest BCUT2D eigenvalue weighted by atomic mass is 10.5. The molecular weight excluding hydrogens is 100 g/mol. The standard InChI is InChI=1S/C6H15N2/c1-3-8(4-2)6-5-7/h7H,3-6H2,1-2H3. The molecule has 0 aliphatic carbocycles. The summed E-state index contributed by atoms with van der Waals surface area (Å²) in [7, 11) is 0. The minimum atomic E-state index is 0.529. The summed E-state index contributed by atoms with van der Waals surface area (Å²) in [6.45, 7) is 7.86. The van der Waals surface area contributed by atoms with Gasteiger partial charge in [0.1, 0.15) is 0 Å². The monoisotopic (exact) mass is 115 g/mol. The second-order valence-corrected chi connectivity index (χ2v) is 1.78. The molecule has 8 heavy (non-hydrogen) atoms. The van der Waals surface area contributed by atoms with Crippen LogP contribution in [0.25, 0.3) is 0 Å². The predicted octanol–water partition coefficient (Wildman–Crippen LogP) is 0.611. The zero-order valence-corrected chi connectivity index (χ0v) is 5.78. The van der Waals surface area contributed by atoms with E-state index in [2.05, 4.69) is 18.7 Å². The van der Waals surface area contributed by atoms with E-state index in [4.69, 9.17) is 5.73 Å². The summed E-state index contributed by atoms with van der Waals surface area (Å²) in [5.74, 6) is 0. The van der Waals surface area contributed by atoms with Gasteiger partial charge in [-0.15, -0.1) is 0 Å². The zero-order valence-electron chi connectivity index (χ0n) is 5.78. The van der Waals surface area contributed by atoms with Gasteiger partial charge in [0.25, 0.3) is 0 Å². The highest BCUT2D eigenvalue weighted by molar-refractivity contribution is 4.49. The van der Waals surface area contributed by atoms with Crippen LogP contribution in [-0.2, 0) is 0 Å². The van der Waals surface area contributed by atoms with Crippen molar-refractivity contribution in [2.75, 3.05) is 26.2 Å². The Bertz CT molecular complexity index is 41.8. The average molecular weight is 115 g/mol. The molecule has 0 aliphatic rings. The van der Waals surface area contributed by atoms with E-state index in [1.165, 1.54) is 0 Å². The summed E-state index contributed by atoms with van der Waals surface area (Å²) in [6.07, 6.45) is 0. The van der Waals surface area contributed by atoms with Gasteiger partial charge in [0.15, 0.2) is 0 Å². The molecule has 0 unspecified atom stereocenters. The van der Waals surface area contributed by atoms with E-state index >= 15 is 0 Å². The highest BCUT2D eigenvalue weighted by Gasteiger charge is 1.93. The summed E-state index contributed by atoms with van der Waals surface area (Å²) in [4.78, 5) is 2.24. The van der Waals surface area contributed by atoms with Crippen LogP contribution < -0.4 is 5.73 Å². The van der Waals surface area contributed by atoms with E-state index < -0.39 is 0 Å². The lowest BCUT2D eigenvalue weighted by Crippen LogP contribution is -2.26. The largest absolute Gasteiger partial charge is 0.303 e. The Morgan fingerprint density at radius 2 is 1.75 bits per heavy atom. The van der Waals surface area contributed by atoms with Gasteiger partial charge in [-0.2, -0.15) is 0 Å². The molecule has 0 heterocycles. The van der Waals surface area contributed by atoms with Gasteiger partial charge in [-0.25, -0.2) is 0 Å². The fraction of sp³-hybridized carbons (Fsp3) is 1.00. The summed E-state index contributed by atoms with van der Waals surface area (Å²) < 4.78 is 0. The van der Waals surface area contributed by atoms with Crippen LogP contribution in [0, 0.1) is 0 Å². The van der Waals surface area contributed by atoms with E-state index in [0.29, 0.717) is 6.54 Å². The summed E-state index contributed by atoms with van der Waals surface area (Å²) >= 11 is 0. The van der Waals surface area contributed by atoms with Crippen LogP contribution >= 0.6 is 0 Å². The normalized spacial score (nSPS) is 10.5. The molecule has 0 aliphatic heterocycles. The Labute approximate surface area is 51.7 Å². The third-order valence-electron chi connectivity index (χ3n) is 1.32. The average Bonchev–Trinajstić information content (AvgIpc) is 1.83. The molecule has 0 amide bonds. The molecule has 0 spiro atoms. The lowest BCUT2D eigenvalue weighted by molar-refractivity contribution is 0.311. The first-order chi connectivity index (χ1) is 3.85. The first-order valence-electron chi connectivity index (χ1n) is 3.22. The number of nitrogens with one attached hydrogen (secondary N) is 1. The number of hydrogen-bond acceptors (Lipinski definition) is 1. The number of likely N-dealkylation sites (N-methyl/N-ethyl adjacent to an activating group) is 1. The van der Waals surface area contributed by atoms with Crippen molar-refractivity contribution in [1.29, 1.82) is 0 Å². The molecule has 0 atom stereocenters. The zero-order chi connectivity index (χ0) is 6.41. The Hall–Kier alpha value is -0.0800. The molecule has 2 heteroatoms. The molecule has 0 saturated heterocycles. The molecule has 0 aromatic carbocycles. The van der Waals surface area contributed by atoms with Crippen molar-refractivity contribution in [3.05, 3.63) is 0 Å². The van der Waals surface area contributed by atoms with Gasteiger partial charge in [0, 0.05) is 13.1 Å². The minimum Gasteiger partial charge on any atom is -0.303 e. The van der Waals surface area contributed by atoms with Crippen molar-refractivity contribution in [2.24, 2.45) is 0 Å². The quantitative estimate of drug-likeness (QED) is 0.527. The highest BCUT2D eigenvalue weighted by atomic mass is 15.1. The van der Waals surface area contributed by atoms with Gasteiger partial charge in [-0.05, 0) is 13.1 Å². The van der Waals surface area contributed by atoms with E-state index in [0.717, 1.165) is 19.6 Å². The Balaban J connectivity index is 3.07.